The van der Waals surface area contributed by atoms with Crippen LogP contribution in [0.25, 0.3) is 0 Å². The second-order valence-electron chi connectivity index (χ2n) is 5.27. The molecule has 1 aliphatic rings. The summed E-state index contributed by atoms with van der Waals surface area (Å²) in [4.78, 5) is 0. The summed E-state index contributed by atoms with van der Waals surface area (Å²) in [7, 11) is 0. The van der Waals surface area contributed by atoms with Gasteiger partial charge in [0.15, 0.2) is 0 Å². The molecule has 0 saturated carbocycles. The zero-order chi connectivity index (χ0) is 13.2. The van der Waals surface area contributed by atoms with Gasteiger partial charge in [-0.2, -0.15) is 0 Å². The van der Waals surface area contributed by atoms with E-state index in [4.69, 9.17) is 10.5 Å². The van der Waals surface area contributed by atoms with Gasteiger partial charge in [-0.15, -0.1) is 0 Å². The molecule has 0 amide bonds. The van der Waals surface area contributed by atoms with E-state index in [2.05, 4.69) is 24.3 Å². The minimum Gasteiger partial charge on any atom is -0.493 e. The molecule has 3 rings (SSSR count). The van der Waals surface area contributed by atoms with Crippen LogP contribution in [0.15, 0.2) is 48.5 Å². The largest absolute Gasteiger partial charge is 0.493 e. The lowest BCUT2D eigenvalue weighted by Crippen LogP contribution is -2.23. The lowest BCUT2D eigenvalue weighted by atomic mass is 9.78. The zero-order valence-electron chi connectivity index (χ0n) is 11.2. The van der Waals surface area contributed by atoms with E-state index in [1.165, 1.54) is 11.1 Å². The van der Waals surface area contributed by atoms with Crippen LogP contribution in [-0.2, 0) is 6.42 Å². The van der Waals surface area contributed by atoms with E-state index >= 15 is 0 Å². The molecule has 2 atom stereocenters. The van der Waals surface area contributed by atoms with Gasteiger partial charge in [-0.05, 0) is 42.2 Å². The lowest BCUT2D eigenvalue weighted by molar-refractivity contribution is 0.275. The highest BCUT2D eigenvalue weighted by molar-refractivity contribution is 5.40. The number of nitrogens with two attached hydrogens (primary N) is 1. The third-order valence-corrected chi connectivity index (χ3v) is 3.82. The molecule has 0 bridgehead atoms. The summed E-state index contributed by atoms with van der Waals surface area (Å²) in [5.74, 6) is 1.47. The molecule has 2 aromatic rings. The van der Waals surface area contributed by atoms with Gasteiger partial charge in [0.1, 0.15) is 5.75 Å². The van der Waals surface area contributed by atoms with Crippen molar-refractivity contribution in [1.82, 2.24) is 0 Å². The molecule has 0 aliphatic heterocycles. The highest BCUT2D eigenvalue weighted by atomic mass is 16.5. The fourth-order valence-corrected chi connectivity index (χ4v) is 2.58. The predicted octanol–water partition coefficient (Wildman–Crippen LogP) is 3.43. The van der Waals surface area contributed by atoms with Crippen molar-refractivity contribution in [3.8, 4) is 5.75 Å². The molecular formula is C17H19NO. The summed E-state index contributed by atoms with van der Waals surface area (Å²) in [6.45, 7) is 2.75. The van der Waals surface area contributed by atoms with Crippen LogP contribution in [0.4, 0.5) is 0 Å². The quantitative estimate of drug-likeness (QED) is 0.906. The number of fused-ring (bicyclic) bond motifs is 1. The molecule has 2 N–H and O–H groups in total. The van der Waals surface area contributed by atoms with Gasteiger partial charge >= 0.3 is 0 Å². The van der Waals surface area contributed by atoms with Crippen LogP contribution in [-0.4, -0.2) is 6.61 Å². The zero-order valence-corrected chi connectivity index (χ0v) is 11.2. The van der Waals surface area contributed by atoms with Gasteiger partial charge in [0.05, 0.1) is 6.61 Å². The molecule has 0 radical (unpaired) electrons. The highest BCUT2D eigenvalue weighted by Gasteiger charge is 2.25. The molecule has 1 aliphatic carbocycles. The van der Waals surface area contributed by atoms with Gasteiger partial charge in [0, 0.05) is 12.0 Å². The van der Waals surface area contributed by atoms with Crippen molar-refractivity contribution in [2.75, 3.05) is 6.61 Å². The van der Waals surface area contributed by atoms with Crippen LogP contribution in [0.3, 0.4) is 0 Å². The number of hydrogen-bond donors (Lipinski definition) is 1. The minimum absolute atomic E-state index is 0.0764. The van der Waals surface area contributed by atoms with Crippen molar-refractivity contribution in [2.45, 2.75) is 25.3 Å². The second-order valence-corrected chi connectivity index (χ2v) is 5.27. The molecule has 2 nitrogen and oxygen atoms in total. The van der Waals surface area contributed by atoms with Crippen LogP contribution in [0, 0.1) is 0 Å². The van der Waals surface area contributed by atoms with Gasteiger partial charge < -0.3 is 10.5 Å². The van der Waals surface area contributed by atoms with Crippen molar-refractivity contribution in [2.24, 2.45) is 5.73 Å². The third kappa shape index (κ3) is 2.49. The Morgan fingerprint density at radius 2 is 1.89 bits per heavy atom. The maximum atomic E-state index is 5.86. The Labute approximate surface area is 114 Å². The Morgan fingerprint density at radius 1 is 1.16 bits per heavy atom. The molecular weight excluding hydrogens is 234 g/mol. The lowest BCUT2D eigenvalue weighted by Gasteiger charge is -2.29. The molecule has 19 heavy (non-hydrogen) atoms. The minimum atomic E-state index is 0.0764. The first-order chi connectivity index (χ1) is 9.24. The van der Waals surface area contributed by atoms with E-state index < -0.39 is 0 Å². The number of hydrogen-bond acceptors (Lipinski definition) is 2. The van der Waals surface area contributed by atoms with Crippen LogP contribution in [0.5, 0.6) is 5.75 Å². The third-order valence-electron chi connectivity index (χ3n) is 3.82. The van der Waals surface area contributed by atoms with Crippen LogP contribution < -0.4 is 10.5 Å². The Morgan fingerprint density at radius 3 is 2.58 bits per heavy atom. The fourth-order valence-electron chi connectivity index (χ4n) is 2.58. The predicted molar refractivity (Wildman–Crippen MR) is 77.4 cm³/mol. The van der Waals surface area contributed by atoms with Crippen molar-refractivity contribution >= 4 is 0 Å². The SMILES string of the molecule is C[C@H](N)c1ccc(OCC2Cc3ccccc32)cc1. The Hall–Kier alpha value is -1.80. The van der Waals surface area contributed by atoms with Gasteiger partial charge in [0.2, 0.25) is 0 Å². The highest BCUT2D eigenvalue weighted by Crippen LogP contribution is 2.35. The number of benzene rings is 2. The smallest absolute Gasteiger partial charge is 0.119 e. The molecule has 0 fully saturated rings. The summed E-state index contributed by atoms with van der Waals surface area (Å²) in [5, 5.41) is 0. The molecule has 98 valence electrons. The van der Waals surface area contributed by atoms with Gasteiger partial charge in [-0.3, -0.25) is 0 Å². The maximum absolute atomic E-state index is 5.86. The van der Waals surface area contributed by atoms with Crippen LogP contribution in [0.1, 0.15) is 35.6 Å². The van der Waals surface area contributed by atoms with Crippen LogP contribution in [0.2, 0.25) is 0 Å². The van der Waals surface area contributed by atoms with Crippen molar-refractivity contribution < 1.29 is 4.74 Å². The summed E-state index contributed by atoms with van der Waals surface area (Å²) in [6, 6.07) is 16.8. The Bertz CT molecular complexity index is 560. The molecule has 2 aromatic carbocycles. The van der Waals surface area contributed by atoms with E-state index in [-0.39, 0.29) is 6.04 Å². The van der Waals surface area contributed by atoms with E-state index in [1.807, 2.05) is 31.2 Å². The molecule has 0 heterocycles. The first-order valence-corrected chi connectivity index (χ1v) is 6.80. The molecule has 1 unspecified atom stereocenters. The Balaban J connectivity index is 1.59. The van der Waals surface area contributed by atoms with Crippen molar-refractivity contribution in [3.05, 3.63) is 65.2 Å². The van der Waals surface area contributed by atoms with Crippen molar-refractivity contribution in [1.29, 1.82) is 0 Å². The number of ether oxygens (including phenoxy) is 1. The second kappa shape index (κ2) is 5.06. The van der Waals surface area contributed by atoms with Gasteiger partial charge in [-0.1, -0.05) is 36.4 Å². The molecule has 2 heteroatoms. The van der Waals surface area contributed by atoms with E-state index in [1.54, 1.807) is 0 Å². The fraction of sp³-hybridized carbons (Fsp3) is 0.294. The van der Waals surface area contributed by atoms with E-state index in [0.29, 0.717) is 5.92 Å². The van der Waals surface area contributed by atoms with Gasteiger partial charge in [0.25, 0.3) is 0 Å². The van der Waals surface area contributed by atoms with E-state index in [0.717, 1.165) is 24.3 Å². The van der Waals surface area contributed by atoms with Crippen LogP contribution >= 0.6 is 0 Å². The topological polar surface area (TPSA) is 35.2 Å². The molecule has 0 saturated heterocycles. The first kappa shape index (κ1) is 12.2. The summed E-state index contributed by atoms with van der Waals surface area (Å²) in [5.41, 5.74) is 9.87. The van der Waals surface area contributed by atoms with E-state index in [9.17, 15) is 0 Å². The summed E-state index contributed by atoms with van der Waals surface area (Å²) in [6.07, 6.45) is 1.13. The number of rotatable bonds is 4. The molecule has 0 aromatic heterocycles. The average Bonchev–Trinajstić information content (AvgIpc) is 2.40. The summed E-state index contributed by atoms with van der Waals surface area (Å²) >= 11 is 0. The standard InChI is InChI=1S/C17H19NO/c1-12(18)13-6-8-16(9-7-13)19-11-15-10-14-4-2-3-5-17(14)15/h2-9,12,15H,10-11,18H2,1H3/t12-,15?/m0/s1. The van der Waals surface area contributed by atoms with Gasteiger partial charge in [-0.25, -0.2) is 0 Å². The summed E-state index contributed by atoms with van der Waals surface area (Å²) < 4.78 is 5.86. The normalized spacial score (nSPS) is 18.3. The maximum Gasteiger partial charge on any atom is 0.119 e. The average molecular weight is 253 g/mol. The molecule has 0 spiro atoms. The Kier molecular flexibility index (Phi) is 3.26. The van der Waals surface area contributed by atoms with Crippen molar-refractivity contribution in [3.63, 3.8) is 0 Å². The first-order valence-electron chi connectivity index (χ1n) is 6.80. The monoisotopic (exact) mass is 253 g/mol.